The first-order valence-corrected chi connectivity index (χ1v) is 5.25. The Kier molecular flexibility index (Phi) is 3.68. The van der Waals surface area contributed by atoms with Gasteiger partial charge in [-0.1, -0.05) is 0 Å². The van der Waals surface area contributed by atoms with Crippen LogP contribution in [-0.2, 0) is 16.1 Å². The fraction of sp³-hybridized carbons (Fsp3) is 0.400. The Morgan fingerprint density at radius 2 is 2.50 bits per heavy atom. The number of aromatic nitrogens is 4. The van der Waals surface area contributed by atoms with Crippen LogP contribution < -0.4 is 0 Å². The molecular formula is C10H12N4O4. The molecule has 2 aromatic rings. The Morgan fingerprint density at radius 3 is 3.11 bits per heavy atom. The van der Waals surface area contributed by atoms with Crippen molar-refractivity contribution in [2.75, 3.05) is 7.11 Å². The Hall–Kier alpha value is -2.22. The molecule has 2 rings (SSSR count). The van der Waals surface area contributed by atoms with Gasteiger partial charge < -0.3 is 14.3 Å². The smallest absolute Gasteiger partial charge is 0.306 e. The monoisotopic (exact) mass is 252 g/mol. The molecule has 2 aromatic heterocycles. The lowest BCUT2D eigenvalue weighted by Gasteiger charge is -2.12. The summed E-state index contributed by atoms with van der Waals surface area (Å²) in [5.41, 5.74) is 0. The van der Waals surface area contributed by atoms with Crippen molar-refractivity contribution in [2.24, 2.45) is 0 Å². The van der Waals surface area contributed by atoms with Crippen LogP contribution in [0.15, 0.2) is 22.8 Å². The van der Waals surface area contributed by atoms with Crippen molar-refractivity contribution < 1.29 is 19.1 Å². The maximum Gasteiger partial charge on any atom is 0.306 e. The molecule has 1 N–H and O–H groups in total. The Bertz CT molecular complexity index is 508. The molecule has 0 saturated carbocycles. The third-order valence-electron chi connectivity index (χ3n) is 2.39. The SMILES string of the molecule is COC(CC(=O)O)Cn1nnnc1-c1ccco1. The van der Waals surface area contributed by atoms with E-state index in [2.05, 4.69) is 15.5 Å². The Labute approximate surface area is 102 Å². The van der Waals surface area contributed by atoms with E-state index < -0.39 is 12.1 Å². The third kappa shape index (κ3) is 2.72. The van der Waals surface area contributed by atoms with E-state index in [0.717, 1.165) is 0 Å². The second-order valence-electron chi connectivity index (χ2n) is 3.62. The van der Waals surface area contributed by atoms with Crippen molar-refractivity contribution >= 4 is 5.97 Å². The number of carboxylic acids is 1. The van der Waals surface area contributed by atoms with Crippen LogP contribution in [0.1, 0.15) is 6.42 Å². The van der Waals surface area contributed by atoms with Crippen LogP contribution in [-0.4, -0.2) is 44.5 Å². The number of ether oxygens (including phenoxy) is 1. The summed E-state index contributed by atoms with van der Waals surface area (Å²) < 4.78 is 11.7. The van der Waals surface area contributed by atoms with E-state index in [0.29, 0.717) is 11.6 Å². The van der Waals surface area contributed by atoms with E-state index in [1.165, 1.54) is 18.1 Å². The number of aliphatic carboxylic acids is 1. The standard InChI is InChI=1S/C10H12N4O4/c1-17-7(5-9(15)16)6-14-10(11-12-13-14)8-3-2-4-18-8/h2-4,7H,5-6H2,1H3,(H,15,16). The van der Waals surface area contributed by atoms with Crippen molar-refractivity contribution in [3.63, 3.8) is 0 Å². The van der Waals surface area contributed by atoms with E-state index in [1.54, 1.807) is 12.1 Å². The molecule has 0 aliphatic heterocycles. The lowest BCUT2D eigenvalue weighted by Crippen LogP contribution is -2.23. The first kappa shape index (κ1) is 12.2. The summed E-state index contributed by atoms with van der Waals surface area (Å²) in [7, 11) is 1.45. The molecule has 0 fully saturated rings. The number of hydrogen-bond donors (Lipinski definition) is 1. The van der Waals surface area contributed by atoms with Gasteiger partial charge >= 0.3 is 5.97 Å². The van der Waals surface area contributed by atoms with Crippen LogP contribution >= 0.6 is 0 Å². The summed E-state index contributed by atoms with van der Waals surface area (Å²) >= 11 is 0. The highest BCUT2D eigenvalue weighted by molar-refractivity contribution is 5.67. The van der Waals surface area contributed by atoms with Crippen molar-refractivity contribution in [3.8, 4) is 11.6 Å². The molecule has 0 saturated heterocycles. The highest BCUT2D eigenvalue weighted by Gasteiger charge is 2.18. The summed E-state index contributed by atoms with van der Waals surface area (Å²) in [6.07, 6.45) is 0.896. The normalized spacial score (nSPS) is 12.5. The van der Waals surface area contributed by atoms with Gasteiger partial charge in [0, 0.05) is 7.11 Å². The van der Waals surface area contributed by atoms with Gasteiger partial charge in [0.05, 0.1) is 25.3 Å². The fourth-order valence-corrected chi connectivity index (χ4v) is 1.52. The summed E-state index contributed by atoms with van der Waals surface area (Å²) in [6.45, 7) is 0.242. The zero-order valence-electron chi connectivity index (χ0n) is 9.68. The molecule has 18 heavy (non-hydrogen) atoms. The Balaban J connectivity index is 2.14. The first-order chi connectivity index (χ1) is 8.70. The average molecular weight is 252 g/mol. The molecule has 0 aromatic carbocycles. The summed E-state index contributed by atoms with van der Waals surface area (Å²) in [4.78, 5) is 10.7. The summed E-state index contributed by atoms with van der Waals surface area (Å²) in [5, 5.41) is 19.9. The van der Waals surface area contributed by atoms with Gasteiger partial charge in [0.1, 0.15) is 0 Å². The number of carboxylic acid groups (broad SMARTS) is 1. The molecule has 0 aliphatic carbocycles. The van der Waals surface area contributed by atoms with Gasteiger partial charge in [-0.3, -0.25) is 4.79 Å². The predicted octanol–water partition coefficient (Wildman–Crippen LogP) is 0.423. The van der Waals surface area contributed by atoms with Crippen LogP contribution in [0.4, 0.5) is 0 Å². The minimum atomic E-state index is -0.936. The number of furan rings is 1. The molecule has 96 valence electrons. The molecule has 2 heterocycles. The number of hydrogen-bond acceptors (Lipinski definition) is 6. The van der Waals surface area contributed by atoms with Gasteiger partial charge in [-0.05, 0) is 22.6 Å². The van der Waals surface area contributed by atoms with Crippen molar-refractivity contribution in [1.29, 1.82) is 0 Å². The number of methoxy groups -OCH3 is 1. The largest absolute Gasteiger partial charge is 0.481 e. The van der Waals surface area contributed by atoms with E-state index in [4.69, 9.17) is 14.3 Å². The van der Waals surface area contributed by atoms with E-state index in [9.17, 15) is 4.79 Å². The zero-order valence-corrected chi connectivity index (χ0v) is 9.68. The predicted molar refractivity (Wildman–Crippen MR) is 58.6 cm³/mol. The molecule has 0 bridgehead atoms. The highest BCUT2D eigenvalue weighted by atomic mass is 16.5. The molecule has 0 spiro atoms. The third-order valence-corrected chi connectivity index (χ3v) is 2.39. The van der Waals surface area contributed by atoms with Crippen molar-refractivity contribution in [2.45, 2.75) is 19.1 Å². The van der Waals surface area contributed by atoms with E-state index >= 15 is 0 Å². The van der Waals surface area contributed by atoms with Crippen molar-refractivity contribution in [3.05, 3.63) is 18.4 Å². The number of rotatable bonds is 6. The quantitative estimate of drug-likeness (QED) is 0.794. The first-order valence-electron chi connectivity index (χ1n) is 5.25. The minimum Gasteiger partial charge on any atom is -0.481 e. The zero-order chi connectivity index (χ0) is 13.0. The highest BCUT2D eigenvalue weighted by Crippen LogP contribution is 2.16. The Morgan fingerprint density at radius 1 is 1.67 bits per heavy atom. The lowest BCUT2D eigenvalue weighted by atomic mass is 10.2. The topological polar surface area (TPSA) is 103 Å². The van der Waals surface area contributed by atoms with Crippen molar-refractivity contribution in [1.82, 2.24) is 20.2 Å². The average Bonchev–Trinajstić information content (AvgIpc) is 2.96. The molecule has 0 amide bonds. The number of nitrogens with zero attached hydrogens (tertiary/aromatic N) is 4. The van der Waals surface area contributed by atoms with E-state index in [1.807, 2.05) is 0 Å². The van der Waals surface area contributed by atoms with Gasteiger partial charge in [-0.25, -0.2) is 4.68 Å². The molecule has 8 nitrogen and oxygen atoms in total. The lowest BCUT2D eigenvalue weighted by molar-refractivity contribution is -0.139. The van der Waals surface area contributed by atoms with Gasteiger partial charge in [0.25, 0.3) is 0 Å². The number of tetrazole rings is 1. The maximum absolute atomic E-state index is 10.7. The summed E-state index contributed by atoms with van der Waals surface area (Å²) in [6, 6.07) is 3.45. The van der Waals surface area contributed by atoms with Crippen LogP contribution in [0.2, 0.25) is 0 Å². The van der Waals surface area contributed by atoms with Gasteiger partial charge in [0.15, 0.2) is 5.76 Å². The van der Waals surface area contributed by atoms with Gasteiger partial charge in [0.2, 0.25) is 5.82 Å². The molecule has 1 unspecified atom stereocenters. The second-order valence-corrected chi connectivity index (χ2v) is 3.62. The summed E-state index contributed by atoms with van der Waals surface area (Å²) in [5.74, 6) is 0.0205. The van der Waals surface area contributed by atoms with Gasteiger partial charge in [-0.2, -0.15) is 0 Å². The van der Waals surface area contributed by atoms with Gasteiger partial charge in [-0.15, -0.1) is 5.10 Å². The maximum atomic E-state index is 10.7. The van der Waals surface area contributed by atoms with Crippen LogP contribution in [0.3, 0.4) is 0 Å². The van der Waals surface area contributed by atoms with Crippen LogP contribution in [0, 0.1) is 0 Å². The van der Waals surface area contributed by atoms with Crippen LogP contribution in [0.25, 0.3) is 11.6 Å². The fourth-order valence-electron chi connectivity index (χ4n) is 1.52. The molecule has 1 atom stereocenters. The number of carbonyl (C=O) groups is 1. The molecular weight excluding hydrogens is 240 g/mol. The minimum absolute atomic E-state index is 0.117. The van der Waals surface area contributed by atoms with E-state index in [-0.39, 0.29) is 13.0 Å². The second kappa shape index (κ2) is 5.41. The molecule has 0 aliphatic rings. The molecule has 0 radical (unpaired) electrons. The molecule has 8 heteroatoms. The van der Waals surface area contributed by atoms with Crippen LogP contribution in [0.5, 0.6) is 0 Å².